The predicted molar refractivity (Wildman–Crippen MR) is 99.9 cm³/mol. The number of carbonyl (C=O) groups is 2. The molecule has 0 saturated carbocycles. The Morgan fingerprint density at radius 3 is 2.35 bits per heavy atom. The summed E-state index contributed by atoms with van der Waals surface area (Å²) in [6.07, 6.45) is 0.0901. The molecule has 1 aliphatic rings. The van der Waals surface area contributed by atoms with E-state index in [0.29, 0.717) is 25.0 Å². The zero-order valence-corrected chi connectivity index (χ0v) is 16.3. The van der Waals surface area contributed by atoms with Crippen LogP contribution in [-0.2, 0) is 9.53 Å². The number of hydrogen-bond acceptors (Lipinski definition) is 4. The quantitative estimate of drug-likeness (QED) is 0.722. The van der Waals surface area contributed by atoms with E-state index < -0.39 is 18.4 Å². The van der Waals surface area contributed by atoms with Gasteiger partial charge in [0.15, 0.2) is 6.29 Å². The smallest absolute Gasteiger partial charge is 0.252 e. The molecule has 6 nitrogen and oxygen atoms in total. The Labute approximate surface area is 155 Å². The number of amides is 2. The Hall–Kier alpha value is -1.92. The molecule has 26 heavy (non-hydrogen) atoms. The highest BCUT2D eigenvalue weighted by molar-refractivity contribution is 5.99. The fourth-order valence-electron chi connectivity index (χ4n) is 3.47. The van der Waals surface area contributed by atoms with Crippen molar-refractivity contribution < 1.29 is 19.4 Å². The highest BCUT2D eigenvalue weighted by Gasteiger charge is 2.31. The number of aliphatic hydroxyl groups is 1. The molecule has 0 bridgehead atoms. The molecule has 0 spiro atoms. The van der Waals surface area contributed by atoms with Gasteiger partial charge < -0.3 is 20.5 Å². The minimum atomic E-state index is -0.990. The van der Waals surface area contributed by atoms with E-state index in [1.165, 1.54) is 0 Å². The SMILES string of the molecule is Cc1cc(C)c(C(=O)NC(CC(C)C)C(=O)N[C@H]2CCOC2O)c(C)c1. The zero-order chi connectivity index (χ0) is 19.4. The third-order valence-electron chi connectivity index (χ3n) is 4.62. The maximum absolute atomic E-state index is 12.8. The summed E-state index contributed by atoms with van der Waals surface area (Å²) in [4.78, 5) is 25.5. The second kappa shape index (κ2) is 8.64. The van der Waals surface area contributed by atoms with Gasteiger partial charge in [-0.15, -0.1) is 0 Å². The summed E-state index contributed by atoms with van der Waals surface area (Å²) >= 11 is 0. The van der Waals surface area contributed by atoms with Crippen LogP contribution in [-0.4, -0.2) is 41.9 Å². The first-order chi connectivity index (χ1) is 12.2. The number of ether oxygens (including phenoxy) is 1. The largest absolute Gasteiger partial charge is 0.366 e. The Bertz CT molecular complexity index is 649. The van der Waals surface area contributed by atoms with Crippen molar-refractivity contribution in [3.05, 3.63) is 34.4 Å². The summed E-state index contributed by atoms with van der Waals surface area (Å²) in [6, 6.07) is 2.84. The van der Waals surface area contributed by atoms with Crippen LogP contribution in [0.25, 0.3) is 0 Å². The molecule has 1 heterocycles. The first-order valence-electron chi connectivity index (χ1n) is 9.17. The van der Waals surface area contributed by atoms with E-state index in [0.717, 1.165) is 16.7 Å². The van der Waals surface area contributed by atoms with E-state index in [1.807, 2.05) is 46.8 Å². The first kappa shape index (κ1) is 20.4. The van der Waals surface area contributed by atoms with Crippen LogP contribution in [0.2, 0.25) is 0 Å². The molecule has 1 saturated heterocycles. The molecule has 3 atom stereocenters. The highest BCUT2D eigenvalue weighted by atomic mass is 16.6. The van der Waals surface area contributed by atoms with Crippen LogP contribution in [0, 0.1) is 26.7 Å². The zero-order valence-electron chi connectivity index (χ0n) is 16.3. The number of benzene rings is 1. The molecule has 1 aromatic carbocycles. The van der Waals surface area contributed by atoms with Gasteiger partial charge in [0.2, 0.25) is 5.91 Å². The Kier molecular flexibility index (Phi) is 6.78. The average Bonchev–Trinajstić information content (AvgIpc) is 2.90. The van der Waals surface area contributed by atoms with Crippen LogP contribution in [0.5, 0.6) is 0 Å². The van der Waals surface area contributed by atoms with Crippen LogP contribution in [0.15, 0.2) is 12.1 Å². The lowest BCUT2D eigenvalue weighted by Gasteiger charge is -2.24. The number of aryl methyl sites for hydroxylation is 3. The molecule has 2 unspecified atom stereocenters. The minimum Gasteiger partial charge on any atom is -0.366 e. The molecule has 6 heteroatoms. The summed E-state index contributed by atoms with van der Waals surface area (Å²) in [5.74, 6) is -0.302. The summed E-state index contributed by atoms with van der Waals surface area (Å²) in [6.45, 7) is 10.2. The Balaban J connectivity index is 2.14. The number of hydrogen-bond donors (Lipinski definition) is 3. The van der Waals surface area contributed by atoms with Crippen molar-refractivity contribution in [3.63, 3.8) is 0 Å². The van der Waals surface area contributed by atoms with E-state index in [-0.39, 0.29) is 17.7 Å². The van der Waals surface area contributed by atoms with Gasteiger partial charge in [-0.25, -0.2) is 0 Å². The maximum Gasteiger partial charge on any atom is 0.252 e. The molecular weight excluding hydrogens is 332 g/mol. The minimum absolute atomic E-state index is 0.232. The van der Waals surface area contributed by atoms with Crippen LogP contribution in [0.1, 0.15) is 53.7 Å². The third kappa shape index (κ3) is 5.05. The molecule has 1 fully saturated rings. The molecule has 0 aliphatic carbocycles. The second-order valence-electron chi connectivity index (χ2n) is 7.59. The van der Waals surface area contributed by atoms with Gasteiger partial charge in [-0.1, -0.05) is 31.5 Å². The van der Waals surface area contributed by atoms with E-state index >= 15 is 0 Å². The number of rotatable bonds is 6. The first-order valence-corrected chi connectivity index (χ1v) is 9.17. The van der Waals surface area contributed by atoms with Crippen molar-refractivity contribution >= 4 is 11.8 Å². The van der Waals surface area contributed by atoms with E-state index in [1.54, 1.807) is 0 Å². The molecule has 0 radical (unpaired) electrons. The maximum atomic E-state index is 12.8. The van der Waals surface area contributed by atoms with Crippen molar-refractivity contribution in [1.29, 1.82) is 0 Å². The van der Waals surface area contributed by atoms with Crippen molar-refractivity contribution in [2.75, 3.05) is 6.61 Å². The molecule has 0 aromatic heterocycles. The topological polar surface area (TPSA) is 87.7 Å². The van der Waals surface area contributed by atoms with Gasteiger partial charge in [-0.05, 0) is 50.7 Å². The summed E-state index contributed by atoms with van der Waals surface area (Å²) in [5.41, 5.74) is 3.50. The predicted octanol–water partition coefficient (Wildman–Crippen LogP) is 1.98. The van der Waals surface area contributed by atoms with Gasteiger partial charge in [0.1, 0.15) is 6.04 Å². The van der Waals surface area contributed by atoms with Crippen LogP contribution >= 0.6 is 0 Å². The van der Waals surface area contributed by atoms with Gasteiger partial charge in [0.05, 0.1) is 12.6 Å². The molecule has 2 amide bonds. The van der Waals surface area contributed by atoms with E-state index in [2.05, 4.69) is 10.6 Å². The lowest BCUT2D eigenvalue weighted by Crippen LogP contribution is -2.52. The van der Waals surface area contributed by atoms with E-state index in [4.69, 9.17) is 4.74 Å². The molecule has 1 aliphatic heterocycles. The highest BCUT2D eigenvalue weighted by Crippen LogP contribution is 2.18. The van der Waals surface area contributed by atoms with Crippen LogP contribution in [0.4, 0.5) is 0 Å². The summed E-state index contributed by atoms with van der Waals surface area (Å²) in [5, 5.41) is 15.4. The summed E-state index contributed by atoms with van der Waals surface area (Å²) in [7, 11) is 0. The lowest BCUT2D eigenvalue weighted by atomic mass is 9.97. The van der Waals surface area contributed by atoms with Crippen molar-refractivity contribution in [3.8, 4) is 0 Å². The lowest BCUT2D eigenvalue weighted by molar-refractivity contribution is -0.127. The fourth-order valence-corrected chi connectivity index (χ4v) is 3.47. The van der Waals surface area contributed by atoms with Crippen molar-refractivity contribution in [1.82, 2.24) is 10.6 Å². The summed E-state index contributed by atoms with van der Waals surface area (Å²) < 4.78 is 5.07. The second-order valence-corrected chi connectivity index (χ2v) is 7.59. The molecule has 1 aromatic rings. The van der Waals surface area contributed by atoms with Gasteiger partial charge in [-0.3, -0.25) is 9.59 Å². The Morgan fingerprint density at radius 1 is 1.23 bits per heavy atom. The van der Waals surface area contributed by atoms with Crippen molar-refractivity contribution in [2.45, 2.75) is 65.8 Å². The standard InChI is InChI=1S/C20H30N2O4/c1-11(2)8-16(18(23)21-15-6-7-26-20(15)25)22-19(24)17-13(4)9-12(3)10-14(17)5/h9-11,15-16,20,25H,6-8H2,1-5H3,(H,21,23)(H,22,24)/t15-,16?,20?/m0/s1. The average molecular weight is 362 g/mol. The van der Waals surface area contributed by atoms with Crippen LogP contribution < -0.4 is 10.6 Å². The van der Waals surface area contributed by atoms with Gasteiger partial charge in [0, 0.05) is 5.56 Å². The van der Waals surface area contributed by atoms with Gasteiger partial charge in [0.25, 0.3) is 5.91 Å². The third-order valence-corrected chi connectivity index (χ3v) is 4.62. The normalized spacial score (nSPS) is 20.9. The molecule has 144 valence electrons. The molecule has 2 rings (SSSR count). The van der Waals surface area contributed by atoms with Gasteiger partial charge in [-0.2, -0.15) is 0 Å². The van der Waals surface area contributed by atoms with Gasteiger partial charge >= 0.3 is 0 Å². The molecule has 3 N–H and O–H groups in total. The monoisotopic (exact) mass is 362 g/mol. The molecular formula is C20H30N2O4. The van der Waals surface area contributed by atoms with Crippen LogP contribution in [0.3, 0.4) is 0 Å². The Morgan fingerprint density at radius 2 is 1.85 bits per heavy atom. The van der Waals surface area contributed by atoms with Crippen molar-refractivity contribution in [2.24, 2.45) is 5.92 Å². The number of carbonyl (C=O) groups excluding carboxylic acids is 2. The van der Waals surface area contributed by atoms with E-state index in [9.17, 15) is 14.7 Å². The number of aliphatic hydroxyl groups excluding tert-OH is 1. The fraction of sp³-hybridized carbons (Fsp3) is 0.600. The number of nitrogens with one attached hydrogen (secondary N) is 2.